The Bertz CT molecular complexity index is 727. The van der Waals surface area contributed by atoms with Crippen molar-refractivity contribution in [3.05, 3.63) is 65.2 Å². The lowest BCUT2D eigenvalue weighted by atomic mass is 10.0. The van der Waals surface area contributed by atoms with Gasteiger partial charge in [0.1, 0.15) is 11.5 Å². The van der Waals surface area contributed by atoms with Crippen molar-refractivity contribution in [3.63, 3.8) is 0 Å². The molecule has 112 valence electrons. The molecule has 4 nitrogen and oxygen atoms in total. The lowest BCUT2D eigenvalue weighted by molar-refractivity contribution is 0.101. The summed E-state index contributed by atoms with van der Waals surface area (Å²) in [6, 6.07) is 11.5. The minimum atomic E-state index is -0.286. The highest BCUT2D eigenvalue weighted by Crippen LogP contribution is 2.20. The van der Waals surface area contributed by atoms with E-state index in [9.17, 15) is 14.7 Å². The fraction of sp³-hybridized carbons (Fsp3) is 0.111. The lowest BCUT2D eigenvalue weighted by Gasteiger charge is -2.03. The maximum absolute atomic E-state index is 12.1. The fourth-order valence-electron chi connectivity index (χ4n) is 1.95. The predicted octanol–water partition coefficient (Wildman–Crippen LogP) is 3.50. The van der Waals surface area contributed by atoms with Crippen LogP contribution in [0.15, 0.2) is 48.5 Å². The number of phenolic OH excluding ortho intramolecular Hbond substituents is 1. The molecule has 0 aliphatic rings. The second-order valence-electron chi connectivity index (χ2n) is 4.76. The van der Waals surface area contributed by atoms with Gasteiger partial charge < -0.3 is 9.84 Å². The monoisotopic (exact) mass is 296 g/mol. The van der Waals surface area contributed by atoms with Gasteiger partial charge in [0.15, 0.2) is 11.6 Å². The van der Waals surface area contributed by atoms with Gasteiger partial charge in [0.05, 0.1) is 12.7 Å². The minimum Gasteiger partial charge on any atom is -0.507 e. The number of ether oxygens (including phenoxy) is 1. The molecule has 0 unspecified atom stereocenters. The van der Waals surface area contributed by atoms with Crippen LogP contribution in [0.5, 0.6) is 11.5 Å². The van der Waals surface area contributed by atoms with E-state index in [1.807, 2.05) is 12.1 Å². The molecule has 0 aromatic heterocycles. The molecular formula is C18H16O4. The zero-order valence-corrected chi connectivity index (χ0v) is 12.4. The van der Waals surface area contributed by atoms with Crippen LogP contribution in [0.25, 0.3) is 6.08 Å². The van der Waals surface area contributed by atoms with Crippen LogP contribution in [0.1, 0.15) is 33.2 Å². The standard InChI is InChI=1S/C18H16O4/c1-12(19)16-11-14(6-10-18(16)21)17(20)9-5-13-3-7-15(22-2)8-4-13/h3-11,21H,1-2H3/b9-5+. The van der Waals surface area contributed by atoms with Gasteiger partial charge in [0.25, 0.3) is 0 Å². The number of benzene rings is 2. The normalized spacial score (nSPS) is 10.6. The molecule has 22 heavy (non-hydrogen) atoms. The fourth-order valence-corrected chi connectivity index (χ4v) is 1.95. The summed E-state index contributed by atoms with van der Waals surface area (Å²) in [5.74, 6) is 0.0981. The first kappa shape index (κ1) is 15.5. The highest BCUT2D eigenvalue weighted by atomic mass is 16.5. The van der Waals surface area contributed by atoms with Gasteiger partial charge in [-0.15, -0.1) is 0 Å². The molecular weight excluding hydrogens is 280 g/mol. The molecule has 0 atom stereocenters. The first-order valence-corrected chi connectivity index (χ1v) is 6.71. The van der Waals surface area contributed by atoms with Crippen molar-refractivity contribution in [2.45, 2.75) is 6.92 Å². The van der Waals surface area contributed by atoms with Crippen LogP contribution in [-0.4, -0.2) is 23.8 Å². The minimum absolute atomic E-state index is 0.122. The molecule has 0 radical (unpaired) electrons. The molecule has 0 amide bonds. The third kappa shape index (κ3) is 3.61. The Morgan fingerprint density at radius 2 is 1.77 bits per heavy atom. The van der Waals surface area contributed by atoms with Crippen LogP contribution in [0, 0.1) is 0 Å². The number of aromatic hydroxyl groups is 1. The Morgan fingerprint density at radius 3 is 2.36 bits per heavy atom. The third-order valence-electron chi connectivity index (χ3n) is 3.20. The lowest BCUT2D eigenvalue weighted by Crippen LogP contribution is -1.99. The summed E-state index contributed by atoms with van der Waals surface area (Å²) in [6.45, 7) is 1.34. The van der Waals surface area contributed by atoms with Crippen molar-refractivity contribution in [1.82, 2.24) is 0 Å². The largest absolute Gasteiger partial charge is 0.507 e. The predicted molar refractivity (Wildman–Crippen MR) is 84.5 cm³/mol. The quantitative estimate of drug-likeness (QED) is 0.677. The van der Waals surface area contributed by atoms with Gasteiger partial charge in [0.2, 0.25) is 0 Å². The molecule has 0 spiro atoms. The molecule has 0 bridgehead atoms. The van der Waals surface area contributed by atoms with Crippen LogP contribution < -0.4 is 4.74 Å². The molecule has 0 heterocycles. The van der Waals surface area contributed by atoms with Crippen LogP contribution in [0.4, 0.5) is 0 Å². The number of hydrogen-bond donors (Lipinski definition) is 1. The van der Waals surface area contributed by atoms with Crippen LogP contribution in [-0.2, 0) is 0 Å². The van der Waals surface area contributed by atoms with E-state index >= 15 is 0 Å². The van der Waals surface area contributed by atoms with Gasteiger partial charge in [0, 0.05) is 5.56 Å². The molecule has 0 saturated heterocycles. The van der Waals surface area contributed by atoms with E-state index in [2.05, 4.69) is 0 Å². The zero-order valence-electron chi connectivity index (χ0n) is 12.4. The van der Waals surface area contributed by atoms with Gasteiger partial charge in [-0.2, -0.15) is 0 Å². The summed E-state index contributed by atoms with van der Waals surface area (Å²) in [5.41, 5.74) is 1.36. The zero-order chi connectivity index (χ0) is 16.1. The molecule has 2 aromatic carbocycles. The van der Waals surface area contributed by atoms with E-state index in [0.29, 0.717) is 5.56 Å². The van der Waals surface area contributed by atoms with Crippen molar-refractivity contribution in [1.29, 1.82) is 0 Å². The number of hydrogen-bond acceptors (Lipinski definition) is 4. The second kappa shape index (κ2) is 6.72. The maximum atomic E-state index is 12.1. The van der Waals surface area contributed by atoms with Gasteiger partial charge in [-0.1, -0.05) is 18.2 Å². The number of carbonyl (C=O) groups is 2. The molecule has 2 aromatic rings. The smallest absolute Gasteiger partial charge is 0.185 e. The SMILES string of the molecule is COc1ccc(/C=C/C(=O)c2ccc(O)c(C(C)=O)c2)cc1. The van der Waals surface area contributed by atoms with E-state index in [0.717, 1.165) is 11.3 Å². The van der Waals surface area contributed by atoms with E-state index in [1.54, 1.807) is 25.3 Å². The van der Waals surface area contributed by atoms with Crippen molar-refractivity contribution in [2.75, 3.05) is 7.11 Å². The van der Waals surface area contributed by atoms with Gasteiger partial charge >= 0.3 is 0 Å². The van der Waals surface area contributed by atoms with E-state index in [-0.39, 0.29) is 22.9 Å². The van der Waals surface area contributed by atoms with Gasteiger partial charge in [-0.25, -0.2) is 0 Å². The van der Waals surface area contributed by atoms with Crippen molar-refractivity contribution >= 4 is 17.6 Å². The Hall–Kier alpha value is -2.88. The van der Waals surface area contributed by atoms with Gasteiger partial charge in [-0.3, -0.25) is 9.59 Å². The number of Topliss-reactive ketones (excluding diaryl/α,β-unsaturated/α-hetero) is 1. The van der Waals surface area contributed by atoms with Crippen LogP contribution >= 0.6 is 0 Å². The van der Waals surface area contributed by atoms with Crippen molar-refractivity contribution in [2.24, 2.45) is 0 Å². The number of carbonyl (C=O) groups excluding carboxylic acids is 2. The highest BCUT2D eigenvalue weighted by Gasteiger charge is 2.10. The number of ketones is 2. The summed E-state index contributed by atoms with van der Waals surface area (Å²) in [4.78, 5) is 23.5. The Morgan fingerprint density at radius 1 is 1.09 bits per heavy atom. The van der Waals surface area contributed by atoms with E-state index in [4.69, 9.17) is 4.74 Å². The average molecular weight is 296 g/mol. The Balaban J connectivity index is 2.19. The Labute approximate surface area is 128 Å². The van der Waals surface area contributed by atoms with Crippen LogP contribution in [0.3, 0.4) is 0 Å². The highest BCUT2D eigenvalue weighted by molar-refractivity contribution is 6.08. The number of rotatable bonds is 5. The first-order chi connectivity index (χ1) is 10.5. The van der Waals surface area contributed by atoms with Crippen molar-refractivity contribution in [3.8, 4) is 11.5 Å². The van der Waals surface area contributed by atoms with Gasteiger partial charge in [-0.05, 0) is 48.9 Å². The summed E-state index contributed by atoms with van der Waals surface area (Å²) >= 11 is 0. The molecule has 0 saturated carbocycles. The molecule has 0 aliphatic carbocycles. The third-order valence-corrected chi connectivity index (χ3v) is 3.20. The van der Waals surface area contributed by atoms with E-state index in [1.165, 1.54) is 31.2 Å². The maximum Gasteiger partial charge on any atom is 0.185 e. The summed E-state index contributed by atoms with van der Waals surface area (Å²) in [6.07, 6.45) is 3.11. The molecule has 1 N–H and O–H groups in total. The topological polar surface area (TPSA) is 63.6 Å². The number of allylic oxidation sites excluding steroid dienone is 1. The summed E-state index contributed by atoms with van der Waals surface area (Å²) < 4.78 is 5.06. The van der Waals surface area contributed by atoms with E-state index < -0.39 is 0 Å². The summed E-state index contributed by atoms with van der Waals surface area (Å²) in [5, 5.41) is 9.58. The Kier molecular flexibility index (Phi) is 4.73. The average Bonchev–Trinajstić information content (AvgIpc) is 2.53. The summed E-state index contributed by atoms with van der Waals surface area (Å²) in [7, 11) is 1.59. The first-order valence-electron chi connectivity index (χ1n) is 6.71. The second-order valence-corrected chi connectivity index (χ2v) is 4.76. The molecule has 0 aliphatic heterocycles. The van der Waals surface area contributed by atoms with Crippen LogP contribution in [0.2, 0.25) is 0 Å². The molecule has 4 heteroatoms. The number of methoxy groups -OCH3 is 1. The molecule has 2 rings (SSSR count). The van der Waals surface area contributed by atoms with Crippen molar-refractivity contribution < 1.29 is 19.4 Å². The number of phenols is 1. The molecule has 0 fully saturated rings.